The van der Waals surface area contributed by atoms with Gasteiger partial charge in [0.1, 0.15) is 11.5 Å². The molecule has 0 aliphatic carbocycles. The van der Waals surface area contributed by atoms with Crippen LogP contribution in [-0.2, 0) is 0 Å². The van der Waals surface area contributed by atoms with E-state index in [4.69, 9.17) is 0 Å². The first-order chi connectivity index (χ1) is 12.5. The highest BCUT2D eigenvalue weighted by atomic mass is 16.2. The fourth-order valence-electron chi connectivity index (χ4n) is 3.85. The Morgan fingerprint density at radius 1 is 1.15 bits per heavy atom. The maximum absolute atomic E-state index is 12.8. The largest absolute Gasteiger partial charge is 0.339 e. The van der Waals surface area contributed by atoms with E-state index >= 15 is 0 Å². The average molecular weight is 352 g/mol. The number of nitrogens with one attached hydrogen (secondary N) is 1. The summed E-state index contributed by atoms with van der Waals surface area (Å²) in [7, 11) is 0. The Morgan fingerprint density at radius 2 is 1.88 bits per heavy atom. The van der Waals surface area contributed by atoms with E-state index in [-0.39, 0.29) is 5.91 Å². The third kappa shape index (κ3) is 3.87. The average Bonchev–Trinajstić information content (AvgIpc) is 2.64. The molecule has 5 heteroatoms. The van der Waals surface area contributed by atoms with Crippen LogP contribution < -0.4 is 5.32 Å². The SMILES string of the molecule is CCC1CCCCN1C(=O)c1cnc(Nc2c(C)cc(C)cc2C)cn1. The van der Waals surface area contributed by atoms with Crippen LogP contribution in [0.15, 0.2) is 24.5 Å². The van der Waals surface area contributed by atoms with Gasteiger partial charge in [0.05, 0.1) is 12.4 Å². The number of aryl methyl sites for hydroxylation is 3. The highest BCUT2D eigenvalue weighted by Crippen LogP contribution is 2.25. The first kappa shape index (κ1) is 18.4. The van der Waals surface area contributed by atoms with Crippen molar-refractivity contribution in [3.63, 3.8) is 0 Å². The lowest BCUT2D eigenvalue weighted by Crippen LogP contribution is -2.43. The molecule has 26 heavy (non-hydrogen) atoms. The number of carbonyl (C=O) groups excluding carboxylic acids is 1. The van der Waals surface area contributed by atoms with Crippen molar-refractivity contribution in [2.24, 2.45) is 0 Å². The summed E-state index contributed by atoms with van der Waals surface area (Å²) in [6, 6.07) is 4.61. The molecule has 1 N–H and O–H groups in total. The van der Waals surface area contributed by atoms with Gasteiger partial charge in [0.15, 0.2) is 0 Å². The third-order valence-electron chi connectivity index (χ3n) is 5.16. The lowest BCUT2D eigenvalue weighted by molar-refractivity contribution is 0.0601. The van der Waals surface area contributed by atoms with E-state index in [0.29, 0.717) is 17.6 Å². The summed E-state index contributed by atoms with van der Waals surface area (Å²) < 4.78 is 0. The molecule has 1 fully saturated rings. The van der Waals surface area contributed by atoms with Gasteiger partial charge >= 0.3 is 0 Å². The first-order valence-corrected chi connectivity index (χ1v) is 9.47. The molecule has 1 amide bonds. The van der Waals surface area contributed by atoms with Gasteiger partial charge in [0.2, 0.25) is 0 Å². The molecule has 0 radical (unpaired) electrons. The van der Waals surface area contributed by atoms with Gasteiger partial charge in [-0.25, -0.2) is 9.97 Å². The number of piperidine rings is 1. The molecule has 1 aliphatic rings. The molecule has 0 saturated carbocycles. The predicted octanol–water partition coefficient (Wildman–Crippen LogP) is 4.55. The zero-order chi connectivity index (χ0) is 18.7. The summed E-state index contributed by atoms with van der Waals surface area (Å²) in [5, 5.41) is 3.33. The van der Waals surface area contributed by atoms with Crippen molar-refractivity contribution in [1.82, 2.24) is 14.9 Å². The molecule has 1 aliphatic heterocycles. The van der Waals surface area contributed by atoms with Crippen molar-refractivity contribution in [2.75, 3.05) is 11.9 Å². The summed E-state index contributed by atoms with van der Waals surface area (Å²) >= 11 is 0. The zero-order valence-electron chi connectivity index (χ0n) is 16.2. The molecular formula is C21H28N4O. The van der Waals surface area contributed by atoms with Crippen LogP contribution in [0, 0.1) is 20.8 Å². The van der Waals surface area contributed by atoms with E-state index in [0.717, 1.165) is 31.5 Å². The van der Waals surface area contributed by atoms with Gasteiger partial charge in [0, 0.05) is 18.3 Å². The van der Waals surface area contributed by atoms with Crippen LogP contribution in [0.2, 0.25) is 0 Å². The van der Waals surface area contributed by atoms with E-state index in [9.17, 15) is 4.79 Å². The molecule has 0 bridgehead atoms. The number of hydrogen-bond acceptors (Lipinski definition) is 4. The molecule has 1 unspecified atom stereocenters. The van der Waals surface area contributed by atoms with Crippen LogP contribution >= 0.6 is 0 Å². The second-order valence-corrected chi connectivity index (χ2v) is 7.24. The smallest absolute Gasteiger partial charge is 0.274 e. The monoisotopic (exact) mass is 352 g/mol. The van der Waals surface area contributed by atoms with Crippen LogP contribution in [0.1, 0.15) is 59.8 Å². The van der Waals surface area contributed by atoms with Crippen molar-refractivity contribution >= 4 is 17.4 Å². The van der Waals surface area contributed by atoms with Crippen molar-refractivity contribution < 1.29 is 4.79 Å². The minimum atomic E-state index is -0.00158. The Balaban J connectivity index is 1.75. The molecule has 1 atom stereocenters. The highest BCUT2D eigenvalue weighted by molar-refractivity contribution is 5.92. The number of carbonyl (C=O) groups is 1. The van der Waals surface area contributed by atoms with E-state index in [1.807, 2.05) is 4.90 Å². The van der Waals surface area contributed by atoms with E-state index in [2.05, 4.69) is 55.1 Å². The van der Waals surface area contributed by atoms with Crippen molar-refractivity contribution in [1.29, 1.82) is 0 Å². The normalized spacial score (nSPS) is 17.2. The summed E-state index contributed by atoms with van der Waals surface area (Å²) in [5.41, 5.74) is 5.05. The van der Waals surface area contributed by atoms with Gasteiger partial charge in [0.25, 0.3) is 5.91 Å². The Labute approximate surface area is 155 Å². The Kier molecular flexibility index (Phi) is 5.55. The fraction of sp³-hybridized carbons (Fsp3) is 0.476. The van der Waals surface area contributed by atoms with E-state index in [1.54, 1.807) is 12.4 Å². The van der Waals surface area contributed by atoms with Gasteiger partial charge in [-0.2, -0.15) is 0 Å². The van der Waals surface area contributed by atoms with E-state index in [1.165, 1.54) is 23.1 Å². The number of rotatable bonds is 4. The van der Waals surface area contributed by atoms with Gasteiger partial charge in [-0.05, 0) is 57.6 Å². The maximum atomic E-state index is 12.8. The number of likely N-dealkylation sites (tertiary alicyclic amines) is 1. The molecule has 0 spiro atoms. The summed E-state index contributed by atoms with van der Waals surface area (Å²) in [5.74, 6) is 0.653. The number of hydrogen-bond donors (Lipinski definition) is 1. The lowest BCUT2D eigenvalue weighted by Gasteiger charge is -2.34. The Morgan fingerprint density at radius 3 is 2.50 bits per heavy atom. The van der Waals surface area contributed by atoms with Gasteiger partial charge in [-0.1, -0.05) is 24.6 Å². The zero-order valence-corrected chi connectivity index (χ0v) is 16.2. The van der Waals surface area contributed by atoms with Crippen LogP contribution in [0.5, 0.6) is 0 Å². The summed E-state index contributed by atoms with van der Waals surface area (Å²) in [6.07, 6.45) is 7.58. The molecule has 2 heterocycles. The van der Waals surface area contributed by atoms with Crippen LogP contribution in [0.4, 0.5) is 11.5 Å². The minimum Gasteiger partial charge on any atom is -0.339 e. The molecule has 3 rings (SSSR count). The first-order valence-electron chi connectivity index (χ1n) is 9.47. The fourth-order valence-corrected chi connectivity index (χ4v) is 3.85. The van der Waals surface area contributed by atoms with Gasteiger partial charge in [-0.3, -0.25) is 4.79 Å². The number of nitrogens with zero attached hydrogens (tertiary/aromatic N) is 3. The summed E-state index contributed by atoms with van der Waals surface area (Å²) in [6.45, 7) is 9.21. The van der Waals surface area contributed by atoms with Crippen LogP contribution in [0.25, 0.3) is 0 Å². The van der Waals surface area contributed by atoms with Crippen molar-refractivity contribution in [2.45, 2.75) is 59.4 Å². The molecule has 2 aromatic rings. The van der Waals surface area contributed by atoms with Crippen LogP contribution in [0.3, 0.4) is 0 Å². The van der Waals surface area contributed by atoms with Gasteiger partial charge in [-0.15, -0.1) is 0 Å². The molecule has 5 nitrogen and oxygen atoms in total. The molecule has 138 valence electrons. The van der Waals surface area contributed by atoms with E-state index < -0.39 is 0 Å². The third-order valence-corrected chi connectivity index (χ3v) is 5.16. The quantitative estimate of drug-likeness (QED) is 0.877. The Hall–Kier alpha value is -2.43. The molecule has 1 aromatic carbocycles. The number of aromatic nitrogens is 2. The maximum Gasteiger partial charge on any atom is 0.274 e. The molecule has 1 saturated heterocycles. The number of anilines is 2. The minimum absolute atomic E-state index is 0.00158. The molecule has 1 aromatic heterocycles. The van der Waals surface area contributed by atoms with Gasteiger partial charge < -0.3 is 10.2 Å². The number of benzene rings is 1. The molecular weight excluding hydrogens is 324 g/mol. The Bertz CT molecular complexity index is 762. The number of amides is 1. The second kappa shape index (κ2) is 7.85. The van der Waals surface area contributed by atoms with Crippen LogP contribution in [-0.4, -0.2) is 33.4 Å². The highest BCUT2D eigenvalue weighted by Gasteiger charge is 2.27. The lowest BCUT2D eigenvalue weighted by atomic mass is 10.00. The topological polar surface area (TPSA) is 58.1 Å². The predicted molar refractivity (Wildman–Crippen MR) is 105 cm³/mol. The standard InChI is InChI=1S/C21H28N4O/c1-5-17-8-6-7-9-25(17)21(26)18-12-23-19(13-22-18)24-20-15(3)10-14(2)11-16(20)4/h10-13,17H,5-9H2,1-4H3,(H,23,24). The van der Waals surface area contributed by atoms with Crippen molar-refractivity contribution in [3.05, 3.63) is 46.9 Å². The second-order valence-electron chi connectivity index (χ2n) is 7.24. The summed E-state index contributed by atoms with van der Waals surface area (Å²) in [4.78, 5) is 23.6. The van der Waals surface area contributed by atoms with Crippen molar-refractivity contribution in [3.8, 4) is 0 Å².